The second kappa shape index (κ2) is 4.70. The van der Waals surface area contributed by atoms with Crippen LogP contribution in [0.2, 0.25) is 0 Å². The molecular weight excluding hydrogens is 225 g/mol. The van der Waals surface area contributed by atoms with Gasteiger partial charge in [0.1, 0.15) is 6.42 Å². The molecule has 15 heavy (non-hydrogen) atoms. The van der Waals surface area contributed by atoms with Crippen molar-refractivity contribution in [1.29, 1.82) is 0 Å². The van der Waals surface area contributed by atoms with Crippen molar-refractivity contribution in [2.24, 2.45) is 0 Å². The van der Waals surface area contributed by atoms with Crippen molar-refractivity contribution in [3.63, 3.8) is 0 Å². The smallest absolute Gasteiger partial charge is 0.294 e. The lowest BCUT2D eigenvalue weighted by molar-refractivity contribution is -0.125. The van der Waals surface area contributed by atoms with Gasteiger partial charge >= 0.3 is 6.18 Å². The van der Waals surface area contributed by atoms with E-state index in [9.17, 15) is 18.0 Å². The van der Waals surface area contributed by atoms with Crippen LogP contribution in [0.15, 0.2) is 29.2 Å². The van der Waals surface area contributed by atoms with Crippen LogP contribution in [-0.2, 0) is 0 Å². The van der Waals surface area contributed by atoms with Crippen LogP contribution in [-0.4, -0.2) is 18.2 Å². The van der Waals surface area contributed by atoms with Crippen LogP contribution in [0.4, 0.5) is 13.2 Å². The summed E-state index contributed by atoms with van der Waals surface area (Å²) in [4.78, 5) is 12.0. The first kappa shape index (κ1) is 12.1. The summed E-state index contributed by atoms with van der Waals surface area (Å²) in [7, 11) is 0. The van der Waals surface area contributed by atoms with E-state index < -0.39 is 18.4 Å². The zero-order chi connectivity index (χ0) is 11.5. The predicted octanol–water partition coefficient (Wildman–Crippen LogP) is 3.54. The lowest BCUT2D eigenvalue weighted by Crippen LogP contribution is -2.14. The van der Waals surface area contributed by atoms with Gasteiger partial charge in [0.2, 0.25) is 0 Å². The minimum absolute atomic E-state index is 0.102. The Balaban J connectivity index is 2.75. The Bertz CT molecular complexity index is 343. The number of Topliss-reactive ketones (excluding diaryl/α,β-unsaturated/α-hetero) is 1. The molecule has 0 N–H and O–H groups in total. The maximum atomic E-state index is 11.9. The van der Waals surface area contributed by atoms with E-state index >= 15 is 0 Å². The molecule has 0 bridgehead atoms. The molecule has 0 saturated carbocycles. The zero-order valence-electron chi connectivity index (χ0n) is 7.97. The van der Waals surface area contributed by atoms with Gasteiger partial charge in [-0.1, -0.05) is 12.1 Å². The monoisotopic (exact) mass is 234 g/mol. The summed E-state index contributed by atoms with van der Waals surface area (Å²) in [5.41, 5.74) is 0.102. The summed E-state index contributed by atoms with van der Waals surface area (Å²) in [6, 6.07) is 6.10. The molecule has 0 aliphatic rings. The van der Waals surface area contributed by atoms with Gasteiger partial charge in [0.25, 0.3) is 0 Å². The van der Waals surface area contributed by atoms with E-state index in [-0.39, 0.29) is 5.56 Å². The van der Waals surface area contributed by atoms with E-state index in [1.807, 2.05) is 6.26 Å². The Morgan fingerprint density at radius 2 is 1.80 bits per heavy atom. The van der Waals surface area contributed by atoms with E-state index in [0.717, 1.165) is 4.90 Å². The number of hydrogen-bond acceptors (Lipinski definition) is 2. The Labute approximate surface area is 89.7 Å². The summed E-state index contributed by atoms with van der Waals surface area (Å²) in [5, 5.41) is 0. The number of hydrogen-bond donors (Lipinski definition) is 0. The maximum absolute atomic E-state index is 11.9. The largest absolute Gasteiger partial charge is 0.396 e. The third-order valence-corrected chi connectivity index (χ3v) is 2.52. The maximum Gasteiger partial charge on any atom is 0.396 e. The topological polar surface area (TPSA) is 17.1 Å². The summed E-state index contributed by atoms with van der Waals surface area (Å²) in [6.07, 6.45) is -3.98. The molecule has 1 rings (SSSR count). The lowest BCUT2D eigenvalue weighted by atomic mass is 10.1. The predicted molar refractivity (Wildman–Crippen MR) is 53.2 cm³/mol. The van der Waals surface area contributed by atoms with E-state index in [2.05, 4.69) is 0 Å². The highest BCUT2D eigenvalue weighted by Crippen LogP contribution is 2.23. The molecule has 0 amide bonds. The van der Waals surface area contributed by atoms with Gasteiger partial charge in [-0.2, -0.15) is 13.2 Å². The average Bonchev–Trinajstić information content (AvgIpc) is 2.15. The van der Waals surface area contributed by atoms with Crippen molar-refractivity contribution in [3.05, 3.63) is 29.8 Å². The number of carbonyl (C=O) groups excluding carboxylic acids is 1. The highest BCUT2D eigenvalue weighted by molar-refractivity contribution is 7.98. The van der Waals surface area contributed by atoms with Crippen LogP contribution < -0.4 is 0 Å². The second-order valence-corrected chi connectivity index (χ2v) is 3.82. The highest BCUT2D eigenvalue weighted by atomic mass is 32.2. The van der Waals surface area contributed by atoms with E-state index in [1.165, 1.54) is 23.9 Å². The number of ketones is 1. The molecule has 0 aliphatic carbocycles. The SMILES string of the molecule is CSc1ccc(C(=O)CC(F)(F)F)cc1. The molecule has 1 nitrogen and oxygen atoms in total. The normalized spacial score (nSPS) is 11.5. The molecule has 82 valence electrons. The van der Waals surface area contributed by atoms with Crippen LogP contribution in [0.5, 0.6) is 0 Å². The fourth-order valence-electron chi connectivity index (χ4n) is 1.06. The molecule has 1 aromatic carbocycles. The first-order valence-electron chi connectivity index (χ1n) is 4.16. The molecule has 0 aromatic heterocycles. The Morgan fingerprint density at radius 1 is 1.27 bits per heavy atom. The summed E-state index contributed by atoms with van der Waals surface area (Å²) in [5.74, 6) is -0.893. The molecule has 0 aliphatic heterocycles. The average molecular weight is 234 g/mol. The Kier molecular flexibility index (Phi) is 3.79. The van der Waals surface area contributed by atoms with Gasteiger partial charge in [-0.05, 0) is 18.4 Å². The van der Waals surface area contributed by atoms with Gasteiger partial charge in [0.15, 0.2) is 5.78 Å². The molecule has 0 saturated heterocycles. The molecule has 0 atom stereocenters. The lowest BCUT2D eigenvalue weighted by Gasteiger charge is -2.05. The quantitative estimate of drug-likeness (QED) is 0.587. The Hall–Kier alpha value is -0.970. The molecule has 0 spiro atoms. The molecule has 0 fully saturated rings. The Morgan fingerprint density at radius 3 is 2.20 bits per heavy atom. The van der Waals surface area contributed by atoms with Gasteiger partial charge in [-0.3, -0.25) is 4.79 Å². The number of thioether (sulfide) groups is 1. The minimum Gasteiger partial charge on any atom is -0.294 e. The highest BCUT2D eigenvalue weighted by Gasteiger charge is 2.31. The number of alkyl halides is 3. The first-order chi connectivity index (χ1) is 6.92. The molecule has 0 unspecified atom stereocenters. The zero-order valence-corrected chi connectivity index (χ0v) is 8.78. The van der Waals surface area contributed by atoms with Crippen LogP contribution in [0.3, 0.4) is 0 Å². The minimum atomic E-state index is -4.44. The van der Waals surface area contributed by atoms with Crippen molar-refractivity contribution < 1.29 is 18.0 Å². The molecular formula is C10H9F3OS. The number of carbonyl (C=O) groups is 1. The van der Waals surface area contributed by atoms with Gasteiger partial charge < -0.3 is 0 Å². The van der Waals surface area contributed by atoms with Crippen molar-refractivity contribution in [2.75, 3.05) is 6.26 Å². The van der Waals surface area contributed by atoms with Crippen LogP contribution in [0.1, 0.15) is 16.8 Å². The van der Waals surface area contributed by atoms with E-state index in [4.69, 9.17) is 0 Å². The van der Waals surface area contributed by atoms with Gasteiger partial charge in [-0.25, -0.2) is 0 Å². The van der Waals surface area contributed by atoms with Gasteiger partial charge in [0.05, 0.1) is 0 Å². The van der Waals surface area contributed by atoms with Crippen LogP contribution >= 0.6 is 11.8 Å². The molecule has 5 heteroatoms. The fourth-order valence-corrected chi connectivity index (χ4v) is 1.47. The summed E-state index contributed by atoms with van der Waals surface area (Å²) in [6.45, 7) is 0. The van der Waals surface area contributed by atoms with E-state index in [0.29, 0.717) is 0 Å². The number of rotatable bonds is 3. The number of benzene rings is 1. The van der Waals surface area contributed by atoms with Crippen molar-refractivity contribution in [2.45, 2.75) is 17.5 Å². The first-order valence-corrected chi connectivity index (χ1v) is 5.39. The second-order valence-electron chi connectivity index (χ2n) is 2.94. The van der Waals surface area contributed by atoms with Crippen molar-refractivity contribution in [1.82, 2.24) is 0 Å². The van der Waals surface area contributed by atoms with Crippen LogP contribution in [0.25, 0.3) is 0 Å². The molecule has 0 radical (unpaired) electrons. The third kappa shape index (κ3) is 3.95. The van der Waals surface area contributed by atoms with Gasteiger partial charge in [0, 0.05) is 10.5 Å². The van der Waals surface area contributed by atoms with E-state index in [1.54, 1.807) is 12.1 Å². The van der Waals surface area contributed by atoms with Gasteiger partial charge in [-0.15, -0.1) is 11.8 Å². The summed E-state index contributed by atoms with van der Waals surface area (Å²) < 4.78 is 35.7. The third-order valence-electron chi connectivity index (χ3n) is 1.77. The van der Waals surface area contributed by atoms with Crippen molar-refractivity contribution in [3.8, 4) is 0 Å². The standard InChI is InChI=1S/C10H9F3OS/c1-15-8-4-2-7(3-5-8)9(14)6-10(11,12)13/h2-5H,6H2,1H3. The molecule has 1 aromatic rings. The number of halogens is 3. The molecule has 0 heterocycles. The van der Waals surface area contributed by atoms with Crippen LogP contribution in [0, 0.1) is 0 Å². The van der Waals surface area contributed by atoms with Crippen molar-refractivity contribution >= 4 is 17.5 Å². The fraction of sp³-hybridized carbons (Fsp3) is 0.300. The summed E-state index contributed by atoms with van der Waals surface area (Å²) >= 11 is 1.47.